The molecule has 0 fully saturated rings. The molecule has 0 amide bonds. The van der Waals surface area contributed by atoms with E-state index in [1.165, 1.54) is 6.33 Å². The number of rotatable bonds is 1. The van der Waals surface area contributed by atoms with E-state index < -0.39 is 5.12 Å². The molecular weight excluding hydrogens is 235 g/mol. The van der Waals surface area contributed by atoms with Crippen LogP contribution in [-0.2, 0) is 0 Å². The quantitative estimate of drug-likeness (QED) is 0.605. The average molecular weight is 243 g/mol. The molecule has 1 aromatic rings. The summed E-state index contributed by atoms with van der Waals surface area (Å²) in [6.07, 6.45) is 6.34. The first-order valence-corrected chi connectivity index (χ1v) is 5.02. The van der Waals surface area contributed by atoms with Gasteiger partial charge in [-0.3, -0.25) is 0 Å². The van der Waals surface area contributed by atoms with E-state index in [0.29, 0.717) is 10.7 Å². The molecule has 0 saturated heterocycles. The van der Waals surface area contributed by atoms with Gasteiger partial charge in [-0.15, -0.1) is 0 Å². The zero-order valence-corrected chi connectivity index (χ0v) is 9.42. The van der Waals surface area contributed by atoms with Gasteiger partial charge in [-0.05, 0) is 6.92 Å². The fourth-order valence-corrected chi connectivity index (χ4v) is 1.53. The van der Waals surface area contributed by atoms with E-state index in [9.17, 15) is 0 Å². The van der Waals surface area contributed by atoms with E-state index in [4.69, 9.17) is 23.2 Å². The molecule has 1 aliphatic heterocycles. The molecule has 1 N–H and O–H groups in total. The fraction of sp³-hybridized carbons (Fsp3) is 0.222. The molecule has 4 nitrogen and oxygen atoms in total. The molecule has 0 saturated carbocycles. The Labute approximate surface area is 97.1 Å². The Morgan fingerprint density at radius 1 is 1.33 bits per heavy atom. The molecule has 1 unspecified atom stereocenters. The lowest BCUT2D eigenvalue weighted by molar-refractivity contribution is 0.591. The van der Waals surface area contributed by atoms with Gasteiger partial charge in [-0.25, -0.2) is 15.0 Å². The summed E-state index contributed by atoms with van der Waals surface area (Å²) in [5.41, 5.74) is 1.33. The number of allylic oxidation sites excluding steroid dienone is 1. The van der Waals surface area contributed by atoms with Gasteiger partial charge in [0.2, 0.25) is 5.12 Å². The number of halogens is 2. The van der Waals surface area contributed by atoms with Crippen LogP contribution in [0.15, 0.2) is 34.9 Å². The average Bonchev–Trinajstić information content (AvgIpc) is 2.23. The van der Waals surface area contributed by atoms with E-state index in [-0.39, 0.29) is 0 Å². The standard InChI is InChI=1S/C9H8Cl2N4/c1-9(11)14-4-7(10)8(15-9)6-2-12-5-13-3-6/h2-5,14H,1H3. The minimum Gasteiger partial charge on any atom is -0.354 e. The van der Waals surface area contributed by atoms with Crippen molar-refractivity contribution in [3.8, 4) is 0 Å². The number of hydrogen-bond donors (Lipinski definition) is 1. The van der Waals surface area contributed by atoms with Gasteiger partial charge in [0.05, 0.1) is 10.7 Å². The number of nitrogens with zero attached hydrogens (tertiary/aromatic N) is 3. The first kappa shape index (κ1) is 10.4. The summed E-state index contributed by atoms with van der Waals surface area (Å²) in [7, 11) is 0. The smallest absolute Gasteiger partial charge is 0.203 e. The largest absolute Gasteiger partial charge is 0.354 e. The van der Waals surface area contributed by atoms with Crippen LogP contribution in [0.25, 0.3) is 0 Å². The van der Waals surface area contributed by atoms with E-state index in [2.05, 4.69) is 20.3 Å². The Balaban J connectivity index is 2.44. The van der Waals surface area contributed by atoms with Crippen LogP contribution in [0.3, 0.4) is 0 Å². The predicted octanol–water partition coefficient (Wildman–Crippen LogP) is 1.86. The highest BCUT2D eigenvalue weighted by Gasteiger charge is 2.24. The zero-order chi connectivity index (χ0) is 10.9. The maximum atomic E-state index is 6.04. The van der Waals surface area contributed by atoms with Crippen molar-refractivity contribution in [3.05, 3.63) is 35.5 Å². The van der Waals surface area contributed by atoms with Crippen LogP contribution in [0.4, 0.5) is 0 Å². The monoisotopic (exact) mass is 242 g/mol. The maximum absolute atomic E-state index is 6.04. The van der Waals surface area contributed by atoms with E-state index in [1.807, 2.05) is 0 Å². The number of aliphatic imine (C=N–C) groups is 1. The van der Waals surface area contributed by atoms with Crippen LogP contribution < -0.4 is 5.32 Å². The predicted molar refractivity (Wildman–Crippen MR) is 59.9 cm³/mol. The molecule has 0 spiro atoms. The summed E-state index contributed by atoms with van der Waals surface area (Å²) in [4.78, 5) is 12.1. The minimum atomic E-state index is -0.871. The molecule has 2 rings (SSSR count). The maximum Gasteiger partial charge on any atom is 0.203 e. The normalized spacial score (nSPS) is 25.3. The summed E-state index contributed by atoms with van der Waals surface area (Å²) < 4.78 is 0. The molecule has 1 aliphatic rings. The SMILES string of the molecule is CC1(Cl)N=C(c2cncnc2)C(Cl)=CN1. The van der Waals surface area contributed by atoms with Crippen LogP contribution in [0.2, 0.25) is 0 Å². The van der Waals surface area contributed by atoms with Crippen LogP contribution in [0, 0.1) is 0 Å². The van der Waals surface area contributed by atoms with E-state index in [1.54, 1.807) is 25.5 Å². The molecule has 0 aromatic carbocycles. The third-order valence-corrected chi connectivity index (χ3v) is 2.33. The highest BCUT2D eigenvalue weighted by Crippen LogP contribution is 2.23. The van der Waals surface area contributed by atoms with Gasteiger partial charge in [-0.1, -0.05) is 23.2 Å². The Hall–Kier alpha value is -1.13. The third kappa shape index (κ3) is 2.27. The first-order valence-electron chi connectivity index (χ1n) is 4.26. The second-order valence-electron chi connectivity index (χ2n) is 3.18. The molecule has 78 valence electrons. The first-order chi connectivity index (χ1) is 7.08. The Bertz CT molecular complexity index is 425. The summed E-state index contributed by atoms with van der Waals surface area (Å²) >= 11 is 12.0. The topological polar surface area (TPSA) is 50.2 Å². The number of alkyl halides is 1. The molecule has 0 radical (unpaired) electrons. The Morgan fingerprint density at radius 3 is 2.67 bits per heavy atom. The second kappa shape index (κ2) is 3.79. The third-order valence-electron chi connectivity index (χ3n) is 1.84. The minimum absolute atomic E-state index is 0.489. The summed E-state index contributed by atoms with van der Waals surface area (Å²) in [5, 5.41) is 2.47. The number of aromatic nitrogens is 2. The zero-order valence-electron chi connectivity index (χ0n) is 7.91. The molecule has 2 heterocycles. The lowest BCUT2D eigenvalue weighted by Crippen LogP contribution is -2.35. The lowest BCUT2D eigenvalue weighted by Gasteiger charge is -2.24. The van der Waals surface area contributed by atoms with Gasteiger partial charge in [0.1, 0.15) is 6.33 Å². The van der Waals surface area contributed by atoms with Gasteiger partial charge in [0, 0.05) is 24.2 Å². The highest BCUT2D eigenvalue weighted by molar-refractivity contribution is 6.47. The van der Waals surface area contributed by atoms with Crippen LogP contribution in [0.5, 0.6) is 0 Å². The Kier molecular flexibility index (Phi) is 2.63. The van der Waals surface area contributed by atoms with Crippen molar-refractivity contribution in [2.45, 2.75) is 12.0 Å². The summed E-state index contributed by atoms with van der Waals surface area (Å²) in [5.74, 6) is 0. The number of hydrogen-bond acceptors (Lipinski definition) is 4. The van der Waals surface area contributed by atoms with Crippen molar-refractivity contribution < 1.29 is 0 Å². The van der Waals surface area contributed by atoms with Crippen molar-refractivity contribution in [1.82, 2.24) is 15.3 Å². The Morgan fingerprint density at radius 2 is 2.00 bits per heavy atom. The molecule has 0 bridgehead atoms. The van der Waals surface area contributed by atoms with Gasteiger partial charge in [-0.2, -0.15) is 0 Å². The van der Waals surface area contributed by atoms with E-state index in [0.717, 1.165) is 5.56 Å². The van der Waals surface area contributed by atoms with Crippen LogP contribution >= 0.6 is 23.2 Å². The molecule has 1 atom stereocenters. The molecule has 6 heteroatoms. The summed E-state index contributed by atoms with van der Waals surface area (Å²) in [6.45, 7) is 1.73. The van der Waals surface area contributed by atoms with Gasteiger partial charge >= 0.3 is 0 Å². The summed E-state index contributed by atoms with van der Waals surface area (Å²) in [6, 6.07) is 0. The molecule has 1 aromatic heterocycles. The highest BCUT2D eigenvalue weighted by atomic mass is 35.5. The second-order valence-corrected chi connectivity index (χ2v) is 4.32. The van der Waals surface area contributed by atoms with Crippen LogP contribution in [-0.4, -0.2) is 20.8 Å². The van der Waals surface area contributed by atoms with Crippen molar-refractivity contribution in [3.63, 3.8) is 0 Å². The van der Waals surface area contributed by atoms with Gasteiger partial charge < -0.3 is 5.32 Å². The van der Waals surface area contributed by atoms with Crippen molar-refractivity contribution in [2.24, 2.45) is 4.99 Å². The van der Waals surface area contributed by atoms with Crippen molar-refractivity contribution in [1.29, 1.82) is 0 Å². The van der Waals surface area contributed by atoms with Gasteiger partial charge in [0.25, 0.3) is 0 Å². The van der Waals surface area contributed by atoms with E-state index >= 15 is 0 Å². The molecule has 15 heavy (non-hydrogen) atoms. The van der Waals surface area contributed by atoms with Crippen LogP contribution in [0.1, 0.15) is 12.5 Å². The fourth-order valence-electron chi connectivity index (χ4n) is 1.18. The van der Waals surface area contributed by atoms with Crippen molar-refractivity contribution in [2.75, 3.05) is 0 Å². The molecule has 0 aliphatic carbocycles. The lowest BCUT2D eigenvalue weighted by atomic mass is 10.2. The number of nitrogens with one attached hydrogen (secondary N) is 1. The molecular formula is C9H8Cl2N4. The van der Waals surface area contributed by atoms with Crippen molar-refractivity contribution >= 4 is 28.9 Å². The van der Waals surface area contributed by atoms with Gasteiger partial charge in [0.15, 0.2) is 0 Å².